The smallest absolute Gasteiger partial charge is 0.341 e. The van der Waals surface area contributed by atoms with Crippen LogP contribution in [0.5, 0.6) is 0 Å². The van der Waals surface area contributed by atoms with E-state index in [9.17, 15) is 9.90 Å². The number of guanidine groups is 1. The first-order chi connectivity index (χ1) is 12.5. The first-order valence-electron chi connectivity index (χ1n) is 8.92. The van der Waals surface area contributed by atoms with Gasteiger partial charge in [-0.2, -0.15) is 0 Å². The molecule has 1 aromatic heterocycles. The van der Waals surface area contributed by atoms with Crippen LogP contribution in [0.1, 0.15) is 41.6 Å². The monoisotopic (exact) mass is 367 g/mol. The topological polar surface area (TPSA) is 105 Å². The number of ether oxygens (including phenoxy) is 2. The minimum Gasteiger partial charge on any atom is -0.465 e. The molecule has 1 aliphatic heterocycles. The van der Waals surface area contributed by atoms with Crippen LogP contribution >= 0.6 is 0 Å². The number of nitrogens with one attached hydrogen (secondary N) is 2. The zero-order valence-electron chi connectivity index (χ0n) is 15.8. The number of hydrogen-bond acceptors (Lipinski definition) is 6. The van der Waals surface area contributed by atoms with Gasteiger partial charge in [0.05, 0.1) is 13.7 Å². The molecule has 8 heteroatoms. The largest absolute Gasteiger partial charge is 0.465 e. The summed E-state index contributed by atoms with van der Waals surface area (Å²) in [5, 5.41) is 15.8. The third-order valence-corrected chi connectivity index (χ3v) is 4.57. The van der Waals surface area contributed by atoms with E-state index in [-0.39, 0.29) is 12.0 Å². The Morgan fingerprint density at radius 2 is 2.27 bits per heavy atom. The van der Waals surface area contributed by atoms with Crippen molar-refractivity contribution >= 4 is 11.9 Å². The molecule has 1 aromatic rings. The Labute approximate surface area is 154 Å². The van der Waals surface area contributed by atoms with Crippen LogP contribution in [-0.4, -0.2) is 57.1 Å². The second-order valence-corrected chi connectivity index (χ2v) is 6.50. The van der Waals surface area contributed by atoms with Crippen molar-refractivity contribution < 1.29 is 23.8 Å². The van der Waals surface area contributed by atoms with E-state index in [2.05, 4.69) is 15.6 Å². The molecule has 146 valence electrons. The molecule has 1 aliphatic rings. The molecule has 26 heavy (non-hydrogen) atoms. The molecule has 0 spiro atoms. The average molecular weight is 367 g/mol. The second kappa shape index (κ2) is 9.59. The predicted octanol–water partition coefficient (Wildman–Crippen LogP) is 1.22. The van der Waals surface area contributed by atoms with E-state index in [0.717, 1.165) is 19.6 Å². The summed E-state index contributed by atoms with van der Waals surface area (Å²) in [4.78, 5) is 16.2. The number of methoxy groups -OCH3 is 1. The minimum atomic E-state index is -0.418. The number of carbonyl (C=O) groups is 1. The average Bonchev–Trinajstić information content (AvgIpc) is 3.24. The number of carbonyl (C=O) groups excluding carboxylic acids is 1. The van der Waals surface area contributed by atoms with Crippen molar-refractivity contribution in [2.45, 2.75) is 33.2 Å². The van der Waals surface area contributed by atoms with E-state index < -0.39 is 5.97 Å². The quantitative estimate of drug-likeness (QED) is 0.360. The molecule has 1 unspecified atom stereocenters. The second-order valence-electron chi connectivity index (χ2n) is 6.50. The van der Waals surface area contributed by atoms with Gasteiger partial charge in [-0.25, -0.2) is 9.79 Å². The lowest BCUT2D eigenvalue weighted by molar-refractivity contribution is 0.0599. The van der Waals surface area contributed by atoms with Crippen LogP contribution in [0.15, 0.2) is 15.5 Å². The molecule has 0 amide bonds. The maximum Gasteiger partial charge on any atom is 0.341 e. The Bertz CT molecular complexity index is 620. The van der Waals surface area contributed by atoms with Crippen LogP contribution in [0.4, 0.5) is 0 Å². The molecule has 8 nitrogen and oxygen atoms in total. The van der Waals surface area contributed by atoms with Crippen LogP contribution in [-0.2, 0) is 16.0 Å². The van der Waals surface area contributed by atoms with Gasteiger partial charge in [0, 0.05) is 31.7 Å². The first kappa shape index (κ1) is 20.3. The van der Waals surface area contributed by atoms with E-state index in [4.69, 9.17) is 13.9 Å². The van der Waals surface area contributed by atoms with Crippen LogP contribution in [0.2, 0.25) is 0 Å². The fourth-order valence-electron chi connectivity index (χ4n) is 3.02. The molecule has 0 bridgehead atoms. The SMILES string of the molecule is CCNC(=NCc1cc(C(=O)OC)c(C)o1)NCC1(CCO)CCOC1. The number of hydrogen-bond donors (Lipinski definition) is 3. The summed E-state index contributed by atoms with van der Waals surface area (Å²) in [6.07, 6.45) is 1.61. The van der Waals surface area contributed by atoms with Gasteiger partial charge in [0.1, 0.15) is 23.6 Å². The molecule has 0 radical (unpaired) electrons. The third kappa shape index (κ3) is 5.22. The Balaban J connectivity index is 2.01. The lowest BCUT2D eigenvalue weighted by Gasteiger charge is -2.27. The molecule has 1 atom stereocenters. The van der Waals surface area contributed by atoms with Gasteiger partial charge in [0.15, 0.2) is 5.96 Å². The van der Waals surface area contributed by atoms with Gasteiger partial charge in [-0.1, -0.05) is 0 Å². The summed E-state index contributed by atoms with van der Waals surface area (Å²) in [6.45, 7) is 6.91. The van der Waals surface area contributed by atoms with Crippen molar-refractivity contribution in [1.82, 2.24) is 10.6 Å². The summed E-state index contributed by atoms with van der Waals surface area (Å²) in [6, 6.07) is 1.66. The van der Waals surface area contributed by atoms with E-state index in [1.807, 2.05) is 6.92 Å². The Morgan fingerprint density at radius 3 is 2.88 bits per heavy atom. The summed E-state index contributed by atoms with van der Waals surface area (Å²) in [7, 11) is 1.34. The Kier molecular flexibility index (Phi) is 7.47. The molecule has 1 fully saturated rings. The van der Waals surface area contributed by atoms with Gasteiger partial charge >= 0.3 is 5.97 Å². The number of aliphatic hydroxyl groups excluding tert-OH is 1. The van der Waals surface area contributed by atoms with Crippen molar-refractivity contribution in [3.8, 4) is 0 Å². The molecule has 3 N–H and O–H groups in total. The van der Waals surface area contributed by atoms with Crippen molar-refractivity contribution in [1.29, 1.82) is 0 Å². The summed E-state index contributed by atoms with van der Waals surface area (Å²) < 4.78 is 15.8. The molecular weight excluding hydrogens is 338 g/mol. The Hall–Kier alpha value is -2.06. The highest BCUT2D eigenvalue weighted by molar-refractivity contribution is 5.90. The van der Waals surface area contributed by atoms with Crippen molar-refractivity contribution in [3.05, 3.63) is 23.2 Å². The zero-order valence-corrected chi connectivity index (χ0v) is 15.8. The summed E-state index contributed by atoms with van der Waals surface area (Å²) >= 11 is 0. The Morgan fingerprint density at radius 1 is 1.46 bits per heavy atom. The van der Waals surface area contributed by atoms with E-state index in [1.165, 1.54) is 7.11 Å². The number of furan rings is 1. The fraction of sp³-hybridized carbons (Fsp3) is 0.667. The van der Waals surface area contributed by atoms with Gasteiger partial charge in [-0.3, -0.25) is 0 Å². The van der Waals surface area contributed by atoms with Gasteiger partial charge in [-0.05, 0) is 32.8 Å². The number of rotatable bonds is 8. The maximum absolute atomic E-state index is 11.7. The van der Waals surface area contributed by atoms with Gasteiger partial charge < -0.3 is 29.6 Å². The van der Waals surface area contributed by atoms with Crippen LogP contribution in [0.3, 0.4) is 0 Å². The summed E-state index contributed by atoms with van der Waals surface area (Å²) in [5.74, 6) is 1.35. The predicted molar refractivity (Wildman–Crippen MR) is 97.2 cm³/mol. The fourth-order valence-corrected chi connectivity index (χ4v) is 3.02. The van der Waals surface area contributed by atoms with Crippen molar-refractivity contribution in [3.63, 3.8) is 0 Å². The van der Waals surface area contributed by atoms with Crippen LogP contribution in [0, 0.1) is 12.3 Å². The molecule has 0 aromatic carbocycles. The number of aliphatic imine (C=N–C) groups is 1. The molecular formula is C18H29N3O5. The standard InChI is InChI=1S/C18H29N3O5/c1-4-19-17(21-11-18(5-7-22)6-8-25-12-18)20-10-14-9-15(13(2)26-14)16(23)24-3/h9,22H,4-8,10-12H2,1-3H3,(H2,19,20,21). The van der Waals surface area contributed by atoms with E-state index in [0.29, 0.717) is 49.2 Å². The van der Waals surface area contributed by atoms with Gasteiger partial charge in [-0.15, -0.1) is 0 Å². The molecule has 0 aliphatic carbocycles. The van der Waals surface area contributed by atoms with Gasteiger partial charge in [0.2, 0.25) is 0 Å². The number of nitrogens with zero attached hydrogens (tertiary/aromatic N) is 1. The highest BCUT2D eigenvalue weighted by atomic mass is 16.5. The molecule has 2 heterocycles. The highest BCUT2D eigenvalue weighted by Crippen LogP contribution is 2.31. The minimum absolute atomic E-state index is 0.0652. The maximum atomic E-state index is 11.7. The van der Waals surface area contributed by atoms with Crippen LogP contribution < -0.4 is 10.6 Å². The zero-order chi connectivity index (χ0) is 19.0. The normalized spacial score (nSPS) is 20.2. The van der Waals surface area contributed by atoms with Crippen molar-refractivity contribution in [2.75, 3.05) is 40.0 Å². The lowest BCUT2D eigenvalue weighted by atomic mass is 9.84. The molecule has 2 rings (SSSR count). The van der Waals surface area contributed by atoms with E-state index >= 15 is 0 Å². The van der Waals surface area contributed by atoms with Crippen molar-refractivity contribution in [2.24, 2.45) is 10.4 Å². The van der Waals surface area contributed by atoms with E-state index in [1.54, 1.807) is 13.0 Å². The summed E-state index contributed by atoms with van der Waals surface area (Å²) in [5.41, 5.74) is 0.352. The molecule has 0 saturated carbocycles. The van der Waals surface area contributed by atoms with Gasteiger partial charge in [0.25, 0.3) is 0 Å². The third-order valence-electron chi connectivity index (χ3n) is 4.57. The lowest BCUT2D eigenvalue weighted by Crippen LogP contribution is -2.44. The van der Waals surface area contributed by atoms with Crippen LogP contribution in [0.25, 0.3) is 0 Å². The first-order valence-corrected chi connectivity index (χ1v) is 8.92. The number of aryl methyl sites for hydroxylation is 1. The molecule has 1 saturated heterocycles. The highest BCUT2D eigenvalue weighted by Gasteiger charge is 2.34. The number of aliphatic hydroxyl groups is 1. The number of esters is 1.